The molecule has 0 spiro atoms. The summed E-state index contributed by atoms with van der Waals surface area (Å²) in [5, 5.41) is 6.47. The first kappa shape index (κ1) is 27.9. The summed E-state index contributed by atoms with van der Waals surface area (Å²) < 4.78 is 15.2. The number of benzene rings is 7. The predicted octanol–water partition coefficient (Wildman–Crippen LogP) is 11.8. The van der Waals surface area contributed by atoms with Crippen molar-refractivity contribution < 1.29 is 8.83 Å². The van der Waals surface area contributed by atoms with Crippen LogP contribution in [0.3, 0.4) is 0 Å². The van der Waals surface area contributed by atoms with Crippen molar-refractivity contribution in [3.05, 3.63) is 158 Å². The molecular weight excluding hydrogens is 629 g/mol. The molecule has 4 heterocycles. The maximum absolute atomic E-state index is 6.67. The molecule has 0 saturated heterocycles. The smallest absolute Gasteiger partial charge is 0.167 e. The van der Waals surface area contributed by atoms with E-state index in [-0.39, 0.29) is 0 Å². The van der Waals surface area contributed by atoms with Crippen LogP contribution in [0.4, 0.5) is 0 Å². The number of nitrogens with zero attached hydrogens (tertiary/aromatic N) is 4. The molecule has 0 unspecified atom stereocenters. The van der Waals surface area contributed by atoms with E-state index in [0.717, 1.165) is 77.3 Å². The van der Waals surface area contributed by atoms with Crippen LogP contribution in [0.5, 0.6) is 0 Å². The third kappa shape index (κ3) is 4.20. The van der Waals surface area contributed by atoms with Gasteiger partial charge in [-0.15, -0.1) is 0 Å². The number of hydrogen-bond donors (Lipinski definition) is 0. The molecule has 0 aliphatic heterocycles. The summed E-state index contributed by atoms with van der Waals surface area (Å²) in [4.78, 5) is 15.3. The molecule has 0 aliphatic carbocycles. The van der Waals surface area contributed by atoms with Crippen molar-refractivity contribution in [3.8, 4) is 39.9 Å². The largest absolute Gasteiger partial charge is 0.456 e. The molecular formula is C45H26N4O2. The number of para-hydroxylation sites is 4. The zero-order valence-corrected chi connectivity index (χ0v) is 27.1. The van der Waals surface area contributed by atoms with Crippen molar-refractivity contribution in [2.24, 2.45) is 0 Å². The molecule has 0 fully saturated rings. The molecule has 6 nitrogen and oxygen atoms in total. The number of furan rings is 2. The van der Waals surface area contributed by atoms with Crippen molar-refractivity contribution in [1.29, 1.82) is 0 Å². The van der Waals surface area contributed by atoms with Crippen LogP contribution in [0.2, 0.25) is 0 Å². The lowest BCUT2D eigenvalue weighted by molar-refractivity contribution is 0.668. The average Bonchev–Trinajstić information content (AvgIpc) is 3.87. The SMILES string of the molecule is c1ccc(-c2nc(-c3cccc4c3oc3ccc(-n5c6ccccc6c6ccccc65)cc34)nc(-c3cccc4oc5ccccc5c34)n2)cc1. The van der Waals surface area contributed by atoms with E-state index in [1.807, 2.05) is 66.7 Å². The average molecular weight is 655 g/mol. The maximum atomic E-state index is 6.67. The van der Waals surface area contributed by atoms with Crippen LogP contribution in [-0.4, -0.2) is 19.5 Å². The minimum absolute atomic E-state index is 0.538. The summed E-state index contributed by atoms with van der Waals surface area (Å²) in [6.07, 6.45) is 0. The third-order valence-electron chi connectivity index (χ3n) is 9.87. The number of rotatable bonds is 4. The predicted molar refractivity (Wildman–Crippen MR) is 205 cm³/mol. The molecule has 11 rings (SSSR count). The Morgan fingerprint density at radius 2 is 0.980 bits per heavy atom. The Balaban J connectivity index is 1.14. The Labute approximate surface area is 290 Å². The van der Waals surface area contributed by atoms with Crippen molar-refractivity contribution >= 4 is 65.7 Å². The molecule has 0 radical (unpaired) electrons. The van der Waals surface area contributed by atoms with Gasteiger partial charge in [-0.1, -0.05) is 109 Å². The van der Waals surface area contributed by atoms with Crippen LogP contribution < -0.4 is 0 Å². The summed E-state index contributed by atoms with van der Waals surface area (Å²) in [6.45, 7) is 0. The van der Waals surface area contributed by atoms with Gasteiger partial charge in [0.2, 0.25) is 0 Å². The lowest BCUT2D eigenvalue weighted by atomic mass is 10.0. The summed E-state index contributed by atoms with van der Waals surface area (Å²) >= 11 is 0. The summed E-state index contributed by atoms with van der Waals surface area (Å²) in [7, 11) is 0. The van der Waals surface area contributed by atoms with Gasteiger partial charge in [0.1, 0.15) is 22.3 Å². The highest BCUT2D eigenvalue weighted by Crippen LogP contribution is 2.40. The van der Waals surface area contributed by atoms with Gasteiger partial charge in [0.15, 0.2) is 17.5 Å². The summed E-state index contributed by atoms with van der Waals surface area (Å²) in [5.74, 6) is 1.69. The second-order valence-electron chi connectivity index (χ2n) is 12.8. The normalized spacial score (nSPS) is 11.9. The van der Waals surface area contributed by atoms with E-state index < -0.39 is 0 Å². The Hall–Kier alpha value is -7.05. The van der Waals surface area contributed by atoms with Gasteiger partial charge in [-0.05, 0) is 48.5 Å². The van der Waals surface area contributed by atoms with Gasteiger partial charge in [-0.3, -0.25) is 0 Å². The zero-order chi connectivity index (χ0) is 33.5. The highest BCUT2D eigenvalue weighted by molar-refractivity contribution is 6.13. The fraction of sp³-hybridized carbons (Fsp3) is 0. The van der Waals surface area contributed by atoms with E-state index in [1.54, 1.807) is 0 Å². The van der Waals surface area contributed by atoms with E-state index in [4.69, 9.17) is 23.8 Å². The van der Waals surface area contributed by atoms with Crippen LogP contribution in [-0.2, 0) is 0 Å². The number of aromatic nitrogens is 4. The Morgan fingerprint density at radius 1 is 0.392 bits per heavy atom. The standard InChI is InChI=1S/C45H26N4O2/c1-2-12-27(13-3-1)43-46-44(33-18-11-23-40-41(33)32-16-6-9-22-38(32)50-40)48-45(47-43)34-19-10-17-31-35-26-28(24-25-39(35)51-42(31)34)49-36-20-7-4-14-29(36)30-15-5-8-21-37(30)49/h1-26H. The van der Waals surface area contributed by atoms with Gasteiger partial charge >= 0.3 is 0 Å². The quantitative estimate of drug-likeness (QED) is 0.189. The Kier molecular flexibility index (Phi) is 5.86. The van der Waals surface area contributed by atoms with Gasteiger partial charge < -0.3 is 13.4 Å². The van der Waals surface area contributed by atoms with E-state index in [2.05, 4.69) is 95.6 Å². The molecule has 0 N–H and O–H groups in total. The molecule has 11 aromatic rings. The zero-order valence-electron chi connectivity index (χ0n) is 27.1. The van der Waals surface area contributed by atoms with Gasteiger partial charge in [-0.2, -0.15) is 0 Å². The monoisotopic (exact) mass is 654 g/mol. The van der Waals surface area contributed by atoms with Crippen molar-refractivity contribution in [1.82, 2.24) is 19.5 Å². The van der Waals surface area contributed by atoms with Crippen molar-refractivity contribution in [2.75, 3.05) is 0 Å². The molecule has 0 bridgehead atoms. The lowest BCUT2D eigenvalue weighted by Gasteiger charge is -2.09. The van der Waals surface area contributed by atoms with E-state index in [9.17, 15) is 0 Å². The lowest BCUT2D eigenvalue weighted by Crippen LogP contribution is -2.00. The van der Waals surface area contributed by atoms with Crippen LogP contribution in [0.1, 0.15) is 0 Å². The first-order valence-electron chi connectivity index (χ1n) is 16.9. The van der Waals surface area contributed by atoms with E-state index in [0.29, 0.717) is 17.5 Å². The van der Waals surface area contributed by atoms with Crippen LogP contribution in [0.15, 0.2) is 167 Å². The van der Waals surface area contributed by atoms with Crippen LogP contribution >= 0.6 is 0 Å². The molecule has 238 valence electrons. The second-order valence-corrected chi connectivity index (χ2v) is 12.8. The highest BCUT2D eigenvalue weighted by atomic mass is 16.3. The van der Waals surface area contributed by atoms with Crippen molar-refractivity contribution in [3.63, 3.8) is 0 Å². The van der Waals surface area contributed by atoms with Crippen LogP contribution in [0.25, 0.3) is 106 Å². The van der Waals surface area contributed by atoms with Gasteiger partial charge in [0, 0.05) is 49.1 Å². The van der Waals surface area contributed by atoms with E-state index in [1.165, 1.54) is 10.8 Å². The fourth-order valence-electron chi connectivity index (χ4n) is 7.60. The molecule has 7 aromatic carbocycles. The van der Waals surface area contributed by atoms with Crippen LogP contribution in [0, 0.1) is 0 Å². The summed E-state index contributed by atoms with van der Waals surface area (Å²) in [6, 6.07) is 53.9. The summed E-state index contributed by atoms with van der Waals surface area (Å²) in [5.41, 5.74) is 9.13. The Bertz CT molecular complexity index is 3100. The molecule has 4 aromatic heterocycles. The maximum Gasteiger partial charge on any atom is 0.167 e. The fourth-order valence-corrected chi connectivity index (χ4v) is 7.60. The molecule has 0 amide bonds. The number of hydrogen-bond acceptors (Lipinski definition) is 5. The van der Waals surface area contributed by atoms with Gasteiger partial charge in [-0.25, -0.2) is 15.0 Å². The first-order chi connectivity index (χ1) is 25.3. The van der Waals surface area contributed by atoms with Gasteiger partial charge in [0.25, 0.3) is 0 Å². The second kappa shape index (κ2) is 10.7. The molecule has 51 heavy (non-hydrogen) atoms. The molecule has 0 saturated carbocycles. The van der Waals surface area contributed by atoms with Gasteiger partial charge in [0.05, 0.1) is 16.6 Å². The van der Waals surface area contributed by atoms with Crippen molar-refractivity contribution in [2.45, 2.75) is 0 Å². The molecule has 0 atom stereocenters. The topological polar surface area (TPSA) is 69.9 Å². The Morgan fingerprint density at radius 3 is 1.78 bits per heavy atom. The number of fused-ring (bicyclic) bond motifs is 9. The molecule has 6 heteroatoms. The molecule has 0 aliphatic rings. The first-order valence-corrected chi connectivity index (χ1v) is 16.9. The minimum Gasteiger partial charge on any atom is -0.456 e. The van der Waals surface area contributed by atoms with E-state index >= 15 is 0 Å². The third-order valence-corrected chi connectivity index (χ3v) is 9.87. The minimum atomic E-state index is 0.538. The highest BCUT2D eigenvalue weighted by Gasteiger charge is 2.21.